The van der Waals surface area contributed by atoms with Crippen molar-refractivity contribution in [1.29, 1.82) is 5.26 Å². The topological polar surface area (TPSA) is 70.0 Å². The van der Waals surface area contributed by atoms with Gasteiger partial charge in [0.2, 0.25) is 9.84 Å². The fraction of sp³-hybridized carbons (Fsp3) is 0.0625. The number of hydrogen-bond acceptors (Lipinski definition) is 4. The summed E-state index contributed by atoms with van der Waals surface area (Å²) in [4.78, 5) is -0.417. The predicted octanol–water partition coefficient (Wildman–Crippen LogP) is 3.38. The molecule has 4 nitrogen and oxygen atoms in total. The largest absolute Gasteiger partial charge is 0.360 e. The van der Waals surface area contributed by atoms with Crippen LogP contribution < -0.4 is 5.32 Å². The maximum absolute atomic E-state index is 13.4. The molecule has 0 aliphatic carbocycles. The smallest absolute Gasteiger partial charge is 0.218 e. The van der Waals surface area contributed by atoms with Crippen LogP contribution >= 0.6 is 0 Å². The molecule has 0 aliphatic heterocycles. The lowest BCUT2D eigenvalue weighted by Gasteiger charge is -2.05. The highest BCUT2D eigenvalue weighted by Crippen LogP contribution is 2.19. The molecule has 2 aromatic carbocycles. The van der Waals surface area contributed by atoms with Crippen LogP contribution in [0.25, 0.3) is 0 Å². The molecule has 112 valence electrons. The molecule has 0 fully saturated rings. The Balaban J connectivity index is 2.32. The van der Waals surface area contributed by atoms with Gasteiger partial charge in [0.05, 0.1) is 4.90 Å². The van der Waals surface area contributed by atoms with Gasteiger partial charge in [-0.05, 0) is 36.8 Å². The van der Waals surface area contributed by atoms with E-state index < -0.39 is 20.6 Å². The Bertz CT molecular complexity index is 853. The fourth-order valence-electron chi connectivity index (χ4n) is 1.73. The molecule has 0 aliphatic rings. The molecular weight excluding hydrogens is 303 g/mol. The van der Waals surface area contributed by atoms with Crippen LogP contribution in [0.5, 0.6) is 0 Å². The normalized spacial score (nSPS) is 11.8. The van der Waals surface area contributed by atoms with E-state index in [4.69, 9.17) is 5.26 Å². The summed E-state index contributed by atoms with van der Waals surface area (Å²) in [6.45, 7) is 1.62. The van der Waals surface area contributed by atoms with Crippen LogP contribution in [0.4, 0.5) is 10.1 Å². The summed E-state index contributed by atoms with van der Waals surface area (Å²) in [7, 11) is -3.90. The third-order valence-electron chi connectivity index (χ3n) is 2.99. The van der Waals surface area contributed by atoms with E-state index >= 15 is 0 Å². The van der Waals surface area contributed by atoms with E-state index in [-0.39, 0.29) is 4.90 Å². The summed E-state index contributed by atoms with van der Waals surface area (Å²) in [6.07, 6.45) is 1.06. The number of halogens is 1. The van der Waals surface area contributed by atoms with Gasteiger partial charge in [0, 0.05) is 11.9 Å². The second-order valence-corrected chi connectivity index (χ2v) is 6.46. The summed E-state index contributed by atoms with van der Waals surface area (Å²) >= 11 is 0. The van der Waals surface area contributed by atoms with Gasteiger partial charge in [-0.1, -0.05) is 24.3 Å². The molecule has 0 aromatic heterocycles. The summed E-state index contributed by atoms with van der Waals surface area (Å²) in [5, 5.41) is 11.7. The van der Waals surface area contributed by atoms with Crippen LogP contribution in [-0.4, -0.2) is 8.42 Å². The quantitative estimate of drug-likeness (QED) is 0.878. The van der Waals surface area contributed by atoms with Crippen molar-refractivity contribution in [3.8, 4) is 6.07 Å². The number of sulfone groups is 1. The molecule has 0 bridgehead atoms. The van der Waals surface area contributed by atoms with Crippen molar-refractivity contribution in [3.63, 3.8) is 0 Å². The second-order valence-electron chi connectivity index (χ2n) is 4.55. The zero-order valence-corrected chi connectivity index (χ0v) is 12.6. The zero-order valence-electron chi connectivity index (χ0n) is 11.7. The summed E-state index contributed by atoms with van der Waals surface area (Å²) in [5.74, 6) is -0.414. The maximum Gasteiger partial charge on any atom is 0.218 e. The summed E-state index contributed by atoms with van der Waals surface area (Å²) < 4.78 is 38.0. The van der Waals surface area contributed by atoms with Gasteiger partial charge in [-0.3, -0.25) is 0 Å². The Kier molecular flexibility index (Phi) is 4.59. The minimum absolute atomic E-state index is 0.0275. The van der Waals surface area contributed by atoms with Crippen molar-refractivity contribution in [2.75, 3.05) is 5.32 Å². The molecule has 0 atom stereocenters. The van der Waals surface area contributed by atoms with Crippen molar-refractivity contribution < 1.29 is 12.8 Å². The third kappa shape index (κ3) is 3.32. The number of rotatable bonds is 4. The number of nitrogens with one attached hydrogen (secondary N) is 1. The van der Waals surface area contributed by atoms with E-state index in [1.807, 2.05) is 0 Å². The number of allylic oxidation sites excluding steroid dienone is 1. The predicted molar refractivity (Wildman–Crippen MR) is 82.1 cm³/mol. The molecule has 0 saturated heterocycles. The van der Waals surface area contributed by atoms with Crippen LogP contribution in [0.1, 0.15) is 5.56 Å². The van der Waals surface area contributed by atoms with E-state index in [0.717, 1.165) is 6.20 Å². The zero-order chi connectivity index (χ0) is 16.2. The lowest BCUT2D eigenvalue weighted by Crippen LogP contribution is -2.05. The van der Waals surface area contributed by atoms with Crippen LogP contribution in [0, 0.1) is 24.1 Å². The molecule has 0 unspecified atom stereocenters. The Morgan fingerprint density at radius 1 is 1.23 bits per heavy atom. The highest BCUT2D eigenvalue weighted by Gasteiger charge is 2.20. The first kappa shape index (κ1) is 15.7. The van der Waals surface area contributed by atoms with Gasteiger partial charge in [-0.25, -0.2) is 12.8 Å². The molecular formula is C16H13FN2O2S. The monoisotopic (exact) mass is 316 g/mol. The molecule has 6 heteroatoms. The molecule has 0 heterocycles. The maximum atomic E-state index is 13.4. The molecule has 22 heavy (non-hydrogen) atoms. The standard InChI is InChI=1S/C16H13FN2O2S/c1-12-7-8-13(9-16(12)17)19-11-15(10-18)22(20,21)14-5-3-2-4-6-14/h2-9,11,19H,1H3/b15-11+. The highest BCUT2D eigenvalue weighted by molar-refractivity contribution is 7.95. The van der Waals surface area contributed by atoms with Crippen molar-refractivity contribution in [1.82, 2.24) is 0 Å². The van der Waals surface area contributed by atoms with Gasteiger partial charge in [-0.15, -0.1) is 0 Å². The Morgan fingerprint density at radius 3 is 2.50 bits per heavy atom. The van der Waals surface area contributed by atoms with Crippen LogP contribution in [0.15, 0.2) is 64.5 Å². The first-order valence-electron chi connectivity index (χ1n) is 6.38. The first-order chi connectivity index (χ1) is 10.4. The van der Waals surface area contributed by atoms with Gasteiger partial charge < -0.3 is 5.32 Å². The molecule has 1 N–H and O–H groups in total. The van der Waals surface area contributed by atoms with Crippen LogP contribution in [-0.2, 0) is 9.84 Å². The molecule has 0 saturated carbocycles. The number of aryl methyl sites for hydroxylation is 1. The average Bonchev–Trinajstić information content (AvgIpc) is 2.52. The van der Waals surface area contributed by atoms with E-state index in [9.17, 15) is 12.8 Å². The van der Waals surface area contributed by atoms with Crippen molar-refractivity contribution >= 4 is 15.5 Å². The second kappa shape index (κ2) is 6.41. The van der Waals surface area contributed by atoms with E-state index in [1.54, 1.807) is 43.3 Å². The lowest BCUT2D eigenvalue weighted by atomic mass is 10.2. The summed E-state index contributed by atoms with van der Waals surface area (Å²) in [6, 6.07) is 13.7. The van der Waals surface area contributed by atoms with Gasteiger partial charge >= 0.3 is 0 Å². The number of nitrogens with zero attached hydrogens (tertiary/aromatic N) is 1. The summed E-state index contributed by atoms with van der Waals surface area (Å²) in [5.41, 5.74) is 0.839. The average molecular weight is 316 g/mol. The molecule has 0 amide bonds. The Labute approximate surface area is 128 Å². The molecule has 0 radical (unpaired) electrons. The number of anilines is 1. The van der Waals surface area contributed by atoms with Gasteiger partial charge in [0.1, 0.15) is 11.9 Å². The highest BCUT2D eigenvalue weighted by atomic mass is 32.2. The molecule has 2 aromatic rings. The van der Waals surface area contributed by atoms with Gasteiger partial charge in [0.15, 0.2) is 4.91 Å². The van der Waals surface area contributed by atoms with Gasteiger partial charge in [0.25, 0.3) is 0 Å². The molecule has 2 rings (SSSR count). The molecule has 0 spiro atoms. The van der Waals surface area contributed by atoms with E-state index in [0.29, 0.717) is 11.3 Å². The third-order valence-corrected chi connectivity index (χ3v) is 4.68. The van der Waals surface area contributed by atoms with Crippen LogP contribution in [0.3, 0.4) is 0 Å². The number of hydrogen-bond donors (Lipinski definition) is 1. The number of nitriles is 1. The SMILES string of the molecule is Cc1ccc(N/C=C(\C#N)S(=O)(=O)c2ccccc2)cc1F. The van der Waals surface area contributed by atoms with Crippen molar-refractivity contribution in [2.45, 2.75) is 11.8 Å². The lowest BCUT2D eigenvalue weighted by molar-refractivity contribution is 0.603. The Morgan fingerprint density at radius 2 is 1.91 bits per heavy atom. The first-order valence-corrected chi connectivity index (χ1v) is 7.86. The Hall–Kier alpha value is -2.65. The van der Waals surface area contributed by atoms with Crippen molar-refractivity contribution in [2.24, 2.45) is 0 Å². The fourth-order valence-corrected chi connectivity index (χ4v) is 2.83. The minimum Gasteiger partial charge on any atom is -0.360 e. The van der Waals surface area contributed by atoms with Gasteiger partial charge in [-0.2, -0.15) is 5.26 Å². The van der Waals surface area contributed by atoms with Crippen LogP contribution in [0.2, 0.25) is 0 Å². The van der Waals surface area contributed by atoms with Crippen molar-refractivity contribution in [3.05, 3.63) is 71.0 Å². The number of benzene rings is 2. The minimum atomic E-state index is -3.90. The van der Waals surface area contributed by atoms with E-state index in [2.05, 4.69) is 5.32 Å². The van der Waals surface area contributed by atoms with E-state index in [1.165, 1.54) is 18.2 Å².